The molecule has 1 saturated heterocycles. The number of hydrogen-bond acceptors (Lipinski definition) is 9. The fraction of sp³-hybridized carbons (Fsp3) is 0.333. The number of nitrogens with two attached hydrogens (primary N) is 1. The molecular formula is C24H25N5O5. The molecule has 176 valence electrons. The zero-order valence-corrected chi connectivity index (χ0v) is 18.8. The Hall–Kier alpha value is -3.78. The lowest BCUT2D eigenvalue weighted by atomic mass is 10.1. The first-order valence-corrected chi connectivity index (χ1v) is 10.7. The minimum absolute atomic E-state index is 0.138. The third-order valence-corrected chi connectivity index (χ3v) is 5.31. The van der Waals surface area contributed by atoms with Gasteiger partial charge in [0.1, 0.15) is 18.1 Å². The fourth-order valence-electron chi connectivity index (χ4n) is 3.63. The minimum Gasteiger partial charge on any atom is -0.449 e. The van der Waals surface area contributed by atoms with Gasteiger partial charge in [-0.2, -0.15) is 5.10 Å². The van der Waals surface area contributed by atoms with Crippen molar-refractivity contribution in [2.45, 2.75) is 38.7 Å². The minimum atomic E-state index is -0.836. The molecule has 1 aromatic carbocycles. The first kappa shape index (κ1) is 23.4. The quantitative estimate of drug-likeness (QED) is 0.376. The third-order valence-electron chi connectivity index (χ3n) is 5.31. The lowest BCUT2D eigenvalue weighted by Crippen LogP contribution is -2.24. The molecule has 2 aromatic heterocycles. The number of carbonyl (C=O) groups excluding carboxylic acids is 1. The van der Waals surface area contributed by atoms with E-state index in [4.69, 9.17) is 15.2 Å². The molecule has 1 aliphatic rings. The Morgan fingerprint density at radius 3 is 2.79 bits per heavy atom. The summed E-state index contributed by atoms with van der Waals surface area (Å²) in [6, 6.07) is 7.06. The van der Waals surface area contributed by atoms with E-state index in [0.717, 1.165) is 5.56 Å². The van der Waals surface area contributed by atoms with Gasteiger partial charge >= 0.3 is 5.97 Å². The van der Waals surface area contributed by atoms with Crippen molar-refractivity contribution >= 4 is 23.1 Å². The number of allylic oxidation sites excluding steroid dienone is 1. The van der Waals surface area contributed by atoms with Gasteiger partial charge in [-0.1, -0.05) is 23.6 Å². The summed E-state index contributed by atoms with van der Waals surface area (Å²) in [6.07, 6.45) is 1.10. The van der Waals surface area contributed by atoms with Crippen molar-refractivity contribution in [1.29, 1.82) is 0 Å². The average Bonchev–Trinajstić information content (AvgIpc) is 3.37. The molecule has 10 heteroatoms. The van der Waals surface area contributed by atoms with Gasteiger partial charge in [-0.15, -0.1) is 0 Å². The van der Waals surface area contributed by atoms with E-state index in [0.29, 0.717) is 33.7 Å². The number of fused-ring (bicyclic) bond motifs is 1. The maximum Gasteiger partial charge on any atom is 0.339 e. The molecule has 0 amide bonds. The highest BCUT2D eigenvalue weighted by Crippen LogP contribution is 2.32. The van der Waals surface area contributed by atoms with Gasteiger partial charge in [0.05, 0.1) is 29.4 Å². The van der Waals surface area contributed by atoms with Crippen LogP contribution in [0.4, 0.5) is 0 Å². The first-order chi connectivity index (χ1) is 16.4. The van der Waals surface area contributed by atoms with Crippen LogP contribution < -0.4 is 5.73 Å². The molecule has 3 heterocycles. The number of aliphatic hydroxyl groups excluding tert-OH is 2. The summed E-state index contributed by atoms with van der Waals surface area (Å²) >= 11 is 0. The van der Waals surface area contributed by atoms with E-state index >= 15 is 0 Å². The van der Waals surface area contributed by atoms with Gasteiger partial charge in [-0.3, -0.25) is 0 Å². The Bertz CT molecular complexity index is 1280. The van der Waals surface area contributed by atoms with E-state index in [9.17, 15) is 15.0 Å². The van der Waals surface area contributed by atoms with Gasteiger partial charge in [-0.05, 0) is 38.0 Å². The van der Waals surface area contributed by atoms with Crippen LogP contribution in [-0.2, 0) is 9.47 Å². The van der Waals surface area contributed by atoms with E-state index < -0.39 is 24.4 Å². The number of aliphatic hydroxyl groups is 2. The van der Waals surface area contributed by atoms with Crippen molar-refractivity contribution in [3.05, 3.63) is 58.8 Å². The molecule has 4 N–H and O–H groups in total. The van der Waals surface area contributed by atoms with Crippen LogP contribution in [0.3, 0.4) is 0 Å². The Morgan fingerprint density at radius 2 is 2.12 bits per heavy atom. The summed E-state index contributed by atoms with van der Waals surface area (Å²) in [5.74, 6) is 5.26. The number of benzene rings is 1. The summed E-state index contributed by atoms with van der Waals surface area (Å²) in [6.45, 7) is 3.22. The van der Waals surface area contributed by atoms with Crippen molar-refractivity contribution in [2.24, 2.45) is 5.73 Å². The zero-order chi connectivity index (χ0) is 24.2. The van der Waals surface area contributed by atoms with Gasteiger partial charge in [0.2, 0.25) is 0 Å². The van der Waals surface area contributed by atoms with E-state index in [1.165, 1.54) is 11.0 Å². The maximum absolute atomic E-state index is 12.2. The first-order valence-electron chi connectivity index (χ1n) is 10.7. The standard InChI is InChI=1S/C24H25N5O5/c1-14-5-7-16(8-6-14)24(32)33-9-3-4-17-22-18(10-15(2)25)26-13-27-23(22)29(28-17)21-11-19(31)20(12-30)34-21/h5-8,10,13,19-21,30-31H,9,11-12,25H2,1-2H3/b15-10+/t19?,20-,21-/m1/s1. The Labute approximate surface area is 196 Å². The molecule has 10 nitrogen and oxygen atoms in total. The Balaban J connectivity index is 1.63. The van der Waals surface area contributed by atoms with Crippen molar-refractivity contribution in [1.82, 2.24) is 19.7 Å². The Morgan fingerprint density at radius 1 is 1.35 bits per heavy atom. The number of ether oxygens (including phenoxy) is 2. The van der Waals surface area contributed by atoms with Crippen molar-refractivity contribution in [3.8, 4) is 11.8 Å². The molecule has 1 fully saturated rings. The number of esters is 1. The summed E-state index contributed by atoms with van der Waals surface area (Å²) in [5.41, 5.74) is 9.20. The largest absolute Gasteiger partial charge is 0.449 e. The molecule has 0 spiro atoms. The van der Waals surface area contributed by atoms with E-state index in [2.05, 4.69) is 26.9 Å². The molecule has 0 radical (unpaired) electrons. The van der Waals surface area contributed by atoms with Crippen LogP contribution >= 0.6 is 0 Å². The van der Waals surface area contributed by atoms with Crippen molar-refractivity contribution in [2.75, 3.05) is 13.2 Å². The Kier molecular flexibility index (Phi) is 6.88. The van der Waals surface area contributed by atoms with Gasteiger partial charge < -0.3 is 25.4 Å². The molecule has 1 unspecified atom stereocenters. The lowest BCUT2D eigenvalue weighted by Gasteiger charge is -2.12. The number of rotatable bonds is 5. The molecule has 4 rings (SSSR count). The number of hydrogen-bond donors (Lipinski definition) is 3. The molecule has 34 heavy (non-hydrogen) atoms. The summed E-state index contributed by atoms with van der Waals surface area (Å²) in [7, 11) is 0. The van der Waals surface area contributed by atoms with Gasteiger partial charge in [0.25, 0.3) is 0 Å². The predicted octanol–water partition coefficient (Wildman–Crippen LogP) is 1.30. The topological polar surface area (TPSA) is 146 Å². The van der Waals surface area contributed by atoms with Crippen LogP contribution in [0.1, 0.15) is 46.9 Å². The second-order valence-electron chi connectivity index (χ2n) is 8.00. The molecule has 1 aliphatic heterocycles. The van der Waals surface area contributed by atoms with E-state index in [1.807, 2.05) is 19.1 Å². The molecule has 0 aliphatic carbocycles. The van der Waals surface area contributed by atoms with Gasteiger partial charge in [0, 0.05) is 12.1 Å². The van der Waals surface area contributed by atoms with Crippen LogP contribution in [0.15, 0.2) is 36.3 Å². The predicted molar refractivity (Wildman–Crippen MR) is 123 cm³/mol. The van der Waals surface area contributed by atoms with Gasteiger partial charge in [0.15, 0.2) is 18.5 Å². The van der Waals surface area contributed by atoms with Crippen LogP contribution in [-0.4, -0.2) is 61.4 Å². The number of aryl methyl sites for hydroxylation is 1. The van der Waals surface area contributed by atoms with Crippen LogP contribution in [0.2, 0.25) is 0 Å². The second kappa shape index (κ2) is 10.0. The number of aromatic nitrogens is 4. The monoisotopic (exact) mass is 463 g/mol. The van der Waals surface area contributed by atoms with Gasteiger partial charge in [-0.25, -0.2) is 19.4 Å². The number of nitrogens with zero attached hydrogens (tertiary/aromatic N) is 4. The summed E-state index contributed by atoms with van der Waals surface area (Å²) < 4.78 is 12.5. The second-order valence-corrected chi connectivity index (χ2v) is 8.00. The zero-order valence-electron chi connectivity index (χ0n) is 18.8. The van der Waals surface area contributed by atoms with Crippen LogP contribution in [0, 0.1) is 18.8 Å². The highest BCUT2D eigenvalue weighted by molar-refractivity contribution is 5.90. The van der Waals surface area contributed by atoms with E-state index in [1.54, 1.807) is 25.1 Å². The highest BCUT2D eigenvalue weighted by atomic mass is 16.5. The normalized spacial score (nSPS) is 20.2. The van der Waals surface area contributed by atoms with Crippen LogP contribution in [0.5, 0.6) is 0 Å². The molecule has 3 atom stereocenters. The lowest BCUT2D eigenvalue weighted by molar-refractivity contribution is -0.0470. The smallest absolute Gasteiger partial charge is 0.339 e. The molecule has 3 aromatic rings. The SMILES string of the molecule is C/C(N)=C\c1ncnc2c1c(C#CCOC(=O)c1ccc(C)cc1)nn2[C@H]1CC(O)[C@@H](CO)O1. The average molecular weight is 463 g/mol. The van der Waals surface area contributed by atoms with Crippen molar-refractivity contribution in [3.63, 3.8) is 0 Å². The molecular weight excluding hydrogens is 438 g/mol. The molecule has 0 saturated carbocycles. The summed E-state index contributed by atoms with van der Waals surface area (Å²) in [4.78, 5) is 20.8. The van der Waals surface area contributed by atoms with Crippen molar-refractivity contribution < 1.29 is 24.5 Å². The number of carbonyl (C=O) groups is 1. The highest BCUT2D eigenvalue weighted by Gasteiger charge is 2.36. The maximum atomic E-state index is 12.2. The third kappa shape index (κ3) is 4.92. The summed E-state index contributed by atoms with van der Waals surface area (Å²) in [5, 5.41) is 24.7. The molecule has 0 bridgehead atoms. The fourth-order valence-corrected chi connectivity index (χ4v) is 3.63. The van der Waals surface area contributed by atoms with E-state index in [-0.39, 0.29) is 19.6 Å². The van der Waals surface area contributed by atoms with Crippen LogP contribution in [0.25, 0.3) is 17.1 Å².